The third kappa shape index (κ3) is 13.9. The number of carbonyl (C=O) groups excluding carboxylic acids is 10. The monoisotopic (exact) mass is 1870 g/mol. The molecule has 10 unspecified atom stereocenters. The first kappa shape index (κ1) is 88.3. The lowest BCUT2D eigenvalue weighted by Gasteiger charge is -2.44. The fraction of sp³-hybridized carbons (Fsp3) is 0.146. The largest absolute Gasteiger partial charge is 0.504 e. The molecule has 29 N–H and O–H groups in total. The van der Waals surface area contributed by atoms with Crippen LogP contribution in [0.5, 0.6) is 178 Å². The molecule has 0 radical (unpaired) electrons. The zero-order valence-electron chi connectivity index (χ0n) is 65.4. The first-order chi connectivity index (χ1) is 63.1. The number of ether oxygens (including phenoxy) is 13. The number of cyclic esters (lactones) is 2. The highest BCUT2D eigenvalue weighted by Gasteiger charge is 2.59. The second-order valence-corrected chi connectivity index (χ2v) is 29.4. The number of fused-ring (bicyclic) bond motifs is 18. The summed E-state index contributed by atoms with van der Waals surface area (Å²) in [7, 11) is 0. The van der Waals surface area contributed by atoms with Crippen molar-refractivity contribution in [1.29, 1.82) is 0 Å². The minimum absolute atomic E-state index is 0.169. The molecule has 2 saturated heterocycles. The smallest absolute Gasteiger partial charge is 0.343 e. The number of phenolic OH excluding ortho intramolecular Hbond substituents is 29. The molecule has 0 spiro atoms. The van der Waals surface area contributed by atoms with Gasteiger partial charge in [-0.25, -0.2) is 47.9 Å². The summed E-state index contributed by atoms with van der Waals surface area (Å²) in [6.45, 7) is -3.20. The van der Waals surface area contributed by atoms with Crippen molar-refractivity contribution in [2.75, 3.05) is 13.2 Å². The molecule has 134 heavy (non-hydrogen) atoms. The average Bonchev–Trinajstić information content (AvgIpc) is 1.01. The second kappa shape index (κ2) is 31.7. The van der Waals surface area contributed by atoms with Crippen LogP contribution in [-0.2, 0) is 56.8 Å². The van der Waals surface area contributed by atoms with Crippen LogP contribution in [0.25, 0.3) is 44.5 Å². The van der Waals surface area contributed by atoms with E-state index in [4.69, 9.17) is 61.6 Å². The summed E-state index contributed by atoms with van der Waals surface area (Å²) in [5, 5.41) is 324. The van der Waals surface area contributed by atoms with Gasteiger partial charge in [0, 0.05) is 38.9 Å². The quantitative estimate of drug-likeness (QED) is 0.0641. The molecule has 2 fully saturated rings. The molecule has 0 saturated carbocycles. The standard InChI is InChI=1S/C82H54O52/c83-23-1-14(2-24(84)45(23)93)71(112)133-81-69-68(130-77(118)21-10-31(91)50(98)57(105)39(21)40-22(78(119)131-69)11-32(92)51(99)58(40)106)65-35(126-81)13-123-74(115)19-8-29(89)52(100)59(107)41(19)43-44(80(121)128-65)66(63(111)62(110)61(43)109)124-33-4-15(3-25(85)46(33)94)72(113)134-82-70-67(129-75(116)17-6-27(87)47(95)54(102)36(17)16-5-26(86)53(101)60(108)42(16)79(120)132-70)64-34(125-82)12-122-73(114)18-7-28(88)48(96)55(103)37(18)38-20(76(117)127-64)9-30(90)49(97)56(38)104/h1-11,34-35,64-65,67-70,81-111H,12-13H2. The van der Waals surface area contributed by atoms with Gasteiger partial charge < -0.3 is 210 Å². The van der Waals surface area contributed by atoms with Crippen LogP contribution < -0.4 is 4.74 Å². The van der Waals surface area contributed by atoms with E-state index in [9.17, 15) is 162 Å². The molecule has 10 atom stereocenters. The van der Waals surface area contributed by atoms with E-state index in [2.05, 4.69) is 0 Å². The van der Waals surface area contributed by atoms with Crippen molar-refractivity contribution < 1.29 is 258 Å². The molecule has 6 heterocycles. The van der Waals surface area contributed by atoms with E-state index in [1.54, 1.807) is 0 Å². The molecule has 0 bridgehead atoms. The second-order valence-electron chi connectivity index (χ2n) is 29.4. The topological polar surface area (TPSA) is 877 Å². The van der Waals surface area contributed by atoms with E-state index in [1.807, 2.05) is 0 Å². The highest BCUT2D eigenvalue weighted by atomic mass is 16.8. The zero-order chi connectivity index (χ0) is 97.2. The van der Waals surface area contributed by atoms with Gasteiger partial charge in [0.05, 0.1) is 50.1 Å². The Morgan fingerprint density at radius 1 is 0.231 bits per heavy atom. The maximum Gasteiger partial charge on any atom is 0.343 e. The summed E-state index contributed by atoms with van der Waals surface area (Å²) in [6.07, 6.45) is -28.8. The maximum absolute atomic E-state index is 16.1. The van der Waals surface area contributed by atoms with Gasteiger partial charge in [-0.15, -0.1) is 0 Å². The number of hydrogen-bond donors (Lipinski definition) is 29. The van der Waals surface area contributed by atoms with Crippen molar-refractivity contribution in [2.24, 2.45) is 0 Å². The lowest BCUT2D eigenvalue weighted by molar-refractivity contribution is -0.283. The summed E-state index contributed by atoms with van der Waals surface area (Å²) in [4.78, 5) is 151. The van der Waals surface area contributed by atoms with Gasteiger partial charge in [-0.05, 0) is 66.7 Å². The molecule has 0 aliphatic carbocycles. The van der Waals surface area contributed by atoms with Crippen LogP contribution in [0, 0.1) is 0 Å². The summed E-state index contributed by atoms with van der Waals surface area (Å²) >= 11 is 0. The Kier molecular flexibility index (Phi) is 20.9. The van der Waals surface area contributed by atoms with Gasteiger partial charge in [0.25, 0.3) is 0 Å². The molecule has 6 aliphatic rings. The SMILES string of the molecule is O=C(OC1OC2COC(=O)c3cc(O)c(O)c(O)c3-c3c(cc(O)c(O)c3O)C(=O)OC2C2OC(=O)c3cc(O)c(O)c(O)c3-c3cc(O)c(O)c(O)c3C(=O)OC12)c1cc(O)c(O)c(Oc2c(O)c(O)c(O)c3c2C(=O)OC2C(COC(=O)c4cc(O)c(O)c(O)c4-3)OC(OC(=O)c3cc(O)c(O)c(O)c3)C3OC(=O)c4cc(O)c(O)c(O)c4-c4c(cc(O)c(O)c4O)C(=O)OC23)c1. The molecule has 0 amide bonds. The van der Waals surface area contributed by atoms with Crippen molar-refractivity contribution in [3.8, 4) is 223 Å². The highest BCUT2D eigenvalue weighted by Crippen LogP contribution is 2.62. The number of hydrogen-bond acceptors (Lipinski definition) is 52. The lowest BCUT2D eigenvalue weighted by Crippen LogP contribution is -2.63. The fourth-order valence-corrected chi connectivity index (χ4v) is 15.2. The Balaban J connectivity index is 0.849. The van der Waals surface area contributed by atoms with Crippen molar-refractivity contribution in [3.63, 3.8) is 0 Å². The number of benzene rings is 10. The molecule has 0 aromatic heterocycles. The first-order valence-electron chi connectivity index (χ1n) is 37.2. The van der Waals surface area contributed by atoms with E-state index >= 15 is 33.6 Å². The summed E-state index contributed by atoms with van der Waals surface area (Å²) < 4.78 is 74.9. The number of esters is 10. The van der Waals surface area contributed by atoms with Crippen LogP contribution in [0.1, 0.15) is 104 Å². The lowest BCUT2D eigenvalue weighted by atomic mass is 9.90. The normalized spacial score (nSPS) is 20.1. The van der Waals surface area contributed by atoms with Gasteiger partial charge in [-0.2, -0.15) is 0 Å². The van der Waals surface area contributed by atoms with E-state index < -0.39 is 413 Å². The van der Waals surface area contributed by atoms with E-state index in [-0.39, 0.29) is 42.5 Å². The Labute approximate surface area is 734 Å². The van der Waals surface area contributed by atoms with Crippen LogP contribution in [0.2, 0.25) is 0 Å². The summed E-state index contributed by atoms with van der Waals surface area (Å²) in [6, 6.07) is 3.11. The zero-order valence-corrected chi connectivity index (χ0v) is 65.4. The van der Waals surface area contributed by atoms with E-state index in [1.165, 1.54) is 0 Å². The third-order valence-corrected chi connectivity index (χ3v) is 21.6. The minimum atomic E-state index is -3.07. The molecule has 52 heteroatoms. The van der Waals surface area contributed by atoms with E-state index in [0.29, 0.717) is 24.3 Å². The first-order valence-corrected chi connectivity index (χ1v) is 37.2. The van der Waals surface area contributed by atoms with Crippen LogP contribution in [0.3, 0.4) is 0 Å². The molecule has 16 rings (SSSR count). The number of phenols is 29. The van der Waals surface area contributed by atoms with Crippen LogP contribution in [0.15, 0.2) is 66.7 Å². The molecule has 52 nitrogen and oxygen atoms in total. The predicted octanol–water partition coefficient (Wildman–Crippen LogP) is 3.69. The van der Waals surface area contributed by atoms with Gasteiger partial charge in [0.2, 0.25) is 82.3 Å². The minimum Gasteiger partial charge on any atom is -0.504 e. The van der Waals surface area contributed by atoms with Gasteiger partial charge in [-0.3, -0.25) is 0 Å². The van der Waals surface area contributed by atoms with Crippen molar-refractivity contribution in [2.45, 2.75) is 61.4 Å². The van der Waals surface area contributed by atoms with Crippen LogP contribution in [-0.4, -0.2) is 282 Å². The maximum atomic E-state index is 16.1. The molecule has 6 aliphatic heterocycles. The molecular weight excluding hydrogens is 1820 g/mol. The predicted molar refractivity (Wildman–Crippen MR) is 413 cm³/mol. The van der Waals surface area contributed by atoms with Gasteiger partial charge in [0.15, 0.2) is 145 Å². The Bertz CT molecular complexity index is 6960. The number of carbonyl (C=O) groups is 10. The fourth-order valence-electron chi connectivity index (χ4n) is 15.2. The number of aromatic hydroxyl groups is 29. The van der Waals surface area contributed by atoms with Crippen LogP contribution in [0.4, 0.5) is 0 Å². The van der Waals surface area contributed by atoms with Crippen LogP contribution >= 0.6 is 0 Å². The van der Waals surface area contributed by atoms with Crippen molar-refractivity contribution >= 4 is 59.7 Å². The molecule has 694 valence electrons. The van der Waals surface area contributed by atoms with E-state index in [0.717, 1.165) is 0 Å². The molecule has 10 aromatic carbocycles. The number of rotatable bonds is 6. The average molecular weight is 1870 g/mol. The van der Waals surface area contributed by atoms with Gasteiger partial charge in [0.1, 0.15) is 36.5 Å². The molecular formula is C82H54O52. The Hall–Kier alpha value is -19.2. The highest BCUT2D eigenvalue weighted by molar-refractivity contribution is 6.14. The third-order valence-electron chi connectivity index (χ3n) is 21.6. The molecule has 10 aromatic rings. The van der Waals surface area contributed by atoms with Crippen molar-refractivity contribution in [1.82, 2.24) is 0 Å². The Morgan fingerprint density at radius 2 is 0.493 bits per heavy atom. The summed E-state index contributed by atoms with van der Waals surface area (Å²) in [5.41, 5.74) is -24.3. The van der Waals surface area contributed by atoms with Crippen molar-refractivity contribution in [3.05, 3.63) is 122 Å². The summed E-state index contributed by atoms with van der Waals surface area (Å²) in [5.74, 6) is -70.4. The van der Waals surface area contributed by atoms with Gasteiger partial charge >= 0.3 is 59.7 Å². The van der Waals surface area contributed by atoms with Gasteiger partial charge in [-0.1, -0.05) is 0 Å². The Morgan fingerprint density at radius 3 is 0.866 bits per heavy atom.